The monoisotopic (exact) mass is 565 g/mol. The number of amides is 1. The van der Waals surface area contributed by atoms with Crippen molar-refractivity contribution in [1.29, 1.82) is 0 Å². The lowest BCUT2D eigenvalue weighted by Gasteiger charge is -2.32. The summed E-state index contributed by atoms with van der Waals surface area (Å²) < 4.78 is 26.6. The number of nitrogens with zero attached hydrogens (tertiary/aromatic N) is 2. The summed E-state index contributed by atoms with van der Waals surface area (Å²) in [6.45, 7) is 3.45. The number of carbonyl (C=O) groups excluding carboxylic acids is 1. The lowest BCUT2D eigenvalue weighted by atomic mass is 9.98. The van der Waals surface area contributed by atoms with Crippen molar-refractivity contribution >= 4 is 40.8 Å². The summed E-state index contributed by atoms with van der Waals surface area (Å²) in [5, 5.41) is 12.8. The van der Waals surface area contributed by atoms with Crippen LogP contribution in [0.15, 0.2) is 30.3 Å². The van der Waals surface area contributed by atoms with E-state index in [1.54, 1.807) is 13.0 Å². The van der Waals surface area contributed by atoms with E-state index in [1.165, 1.54) is 12.1 Å². The second kappa shape index (κ2) is 11.3. The van der Waals surface area contributed by atoms with Crippen LogP contribution in [0.25, 0.3) is 0 Å². The van der Waals surface area contributed by atoms with Gasteiger partial charge in [-0.2, -0.15) is 0 Å². The maximum atomic E-state index is 15.2. The van der Waals surface area contributed by atoms with Crippen molar-refractivity contribution in [2.75, 3.05) is 31.9 Å². The highest BCUT2D eigenvalue weighted by molar-refractivity contribution is 6.35. The SMILES string of the molecule is C[C@H]1OCN(C(=O)c2cc(C3CC3)c(OCC3CCN(Nc4cc(Cl)cc(Cl)c4)CC3)cc2F)[C@@H]1C(=O)O. The van der Waals surface area contributed by atoms with E-state index < -0.39 is 29.8 Å². The molecule has 8 nitrogen and oxygen atoms in total. The average Bonchev–Trinajstić information content (AvgIpc) is 3.63. The van der Waals surface area contributed by atoms with Crippen molar-refractivity contribution in [3.05, 3.63) is 57.3 Å². The Labute approximate surface area is 230 Å². The molecule has 0 unspecified atom stereocenters. The number of halogens is 3. The molecule has 0 bridgehead atoms. The Hall–Kier alpha value is -2.59. The summed E-state index contributed by atoms with van der Waals surface area (Å²) >= 11 is 12.2. The van der Waals surface area contributed by atoms with Crippen molar-refractivity contribution in [3.8, 4) is 5.75 Å². The minimum absolute atomic E-state index is 0.149. The number of hydrogen-bond acceptors (Lipinski definition) is 6. The normalized spacial score (nSPS) is 22.5. The first-order chi connectivity index (χ1) is 18.2. The summed E-state index contributed by atoms with van der Waals surface area (Å²) in [6.07, 6.45) is 2.99. The first-order valence-corrected chi connectivity index (χ1v) is 13.5. The van der Waals surface area contributed by atoms with Crippen LogP contribution < -0.4 is 10.2 Å². The quantitative estimate of drug-likeness (QED) is 0.442. The Kier molecular flexibility index (Phi) is 8.00. The molecule has 0 spiro atoms. The highest BCUT2D eigenvalue weighted by atomic mass is 35.5. The van der Waals surface area contributed by atoms with E-state index in [9.17, 15) is 14.7 Å². The molecule has 5 rings (SSSR count). The number of hydrogen-bond donors (Lipinski definition) is 2. The van der Waals surface area contributed by atoms with E-state index in [-0.39, 0.29) is 18.2 Å². The van der Waals surface area contributed by atoms with E-state index >= 15 is 4.39 Å². The van der Waals surface area contributed by atoms with Gasteiger partial charge in [-0.25, -0.2) is 14.2 Å². The van der Waals surface area contributed by atoms with Crippen LogP contribution >= 0.6 is 23.2 Å². The molecule has 3 aliphatic rings. The number of rotatable bonds is 8. The molecule has 2 atom stereocenters. The van der Waals surface area contributed by atoms with Gasteiger partial charge in [0.1, 0.15) is 18.3 Å². The molecule has 1 aliphatic carbocycles. The number of nitrogens with one attached hydrogen (secondary N) is 1. The molecule has 0 radical (unpaired) electrons. The Bertz CT molecular complexity index is 1200. The number of aliphatic carboxylic acids is 1. The van der Waals surface area contributed by atoms with Crippen molar-refractivity contribution in [2.45, 2.75) is 50.7 Å². The van der Waals surface area contributed by atoms with Crippen molar-refractivity contribution in [3.63, 3.8) is 0 Å². The molecule has 2 N–H and O–H groups in total. The van der Waals surface area contributed by atoms with Gasteiger partial charge in [0, 0.05) is 29.2 Å². The predicted molar refractivity (Wildman–Crippen MR) is 141 cm³/mol. The molecule has 1 saturated carbocycles. The summed E-state index contributed by atoms with van der Waals surface area (Å²) in [5.74, 6) is -1.63. The average molecular weight is 566 g/mol. The fraction of sp³-hybridized carbons (Fsp3) is 0.481. The largest absolute Gasteiger partial charge is 0.493 e. The standard InChI is InChI=1S/C27H30Cl2FN3O5/c1-15-25(27(35)36)33(14-38-15)26(34)22-11-21(17-2-3-17)24(12-23(22)30)37-13-16-4-6-32(7-5-16)31-20-9-18(28)8-19(29)10-20/h8-12,15-17,25,31H,2-7,13-14H2,1H3,(H,35,36)/t15-,25+/m1/s1. The first-order valence-electron chi connectivity index (χ1n) is 12.8. The van der Waals surface area contributed by atoms with Crippen LogP contribution in [0.5, 0.6) is 5.75 Å². The van der Waals surface area contributed by atoms with E-state index in [4.69, 9.17) is 32.7 Å². The predicted octanol–water partition coefficient (Wildman–Crippen LogP) is 5.40. The highest BCUT2D eigenvalue weighted by Crippen LogP contribution is 2.45. The van der Waals surface area contributed by atoms with Gasteiger partial charge in [-0.1, -0.05) is 23.2 Å². The topological polar surface area (TPSA) is 91.3 Å². The summed E-state index contributed by atoms with van der Waals surface area (Å²) in [4.78, 5) is 25.8. The van der Waals surface area contributed by atoms with E-state index in [0.717, 1.165) is 54.9 Å². The molecular weight excluding hydrogens is 536 g/mol. The highest BCUT2D eigenvalue weighted by Gasteiger charge is 2.42. The van der Waals surface area contributed by atoms with Crippen LogP contribution in [0.2, 0.25) is 10.0 Å². The Morgan fingerprint density at radius 2 is 1.79 bits per heavy atom. The van der Waals surface area contributed by atoms with Gasteiger partial charge in [-0.15, -0.1) is 0 Å². The zero-order chi connectivity index (χ0) is 27.0. The van der Waals surface area contributed by atoms with Gasteiger partial charge in [0.05, 0.1) is 24.0 Å². The Morgan fingerprint density at radius 3 is 2.42 bits per heavy atom. The molecule has 3 fully saturated rings. The Balaban J connectivity index is 1.21. The van der Waals surface area contributed by atoms with Crippen molar-refractivity contribution in [2.24, 2.45) is 5.92 Å². The molecule has 2 heterocycles. The minimum Gasteiger partial charge on any atom is -0.493 e. The first kappa shape index (κ1) is 27.0. The molecule has 2 aliphatic heterocycles. The van der Waals surface area contributed by atoms with E-state index in [0.29, 0.717) is 28.3 Å². The number of piperidine rings is 1. The molecule has 204 valence electrons. The number of ether oxygens (including phenoxy) is 2. The van der Waals surface area contributed by atoms with Gasteiger partial charge in [0.15, 0.2) is 6.04 Å². The minimum atomic E-state index is -1.18. The second-order valence-corrected chi connectivity index (χ2v) is 11.1. The maximum Gasteiger partial charge on any atom is 0.329 e. The maximum absolute atomic E-state index is 15.2. The van der Waals surface area contributed by atoms with Gasteiger partial charge in [0.2, 0.25) is 0 Å². The van der Waals surface area contributed by atoms with Gasteiger partial charge >= 0.3 is 5.97 Å². The van der Waals surface area contributed by atoms with Crippen LogP contribution in [-0.4, -0.2) is 65.5 Å². The van der Waals surface area contributed by atoms with Gasteiger partial charge in [-0.3, -0.25) is 9.69 Å². The zero-order valence-corrected chi connectivity index (χ0v) is 22.5. The van der Waals surface area contributed by atoms with Crippen molar-refractivity contribution < 1.29 is 28.6 Å². The lowest BCUT2D eigenvalue weighted by molar-refractivity contribution is -0.142. The third kappa shape index (κ3) is 6.01. The summed E-state index contributed by atoms with van der Waals surface area (Å²) in [6, 6.07) is 6.99. The van der Waals surface area contributed by atoms with Crippen LogP contribution in [0.3, 0.4) is 0 Å². The second-order valence-electron chi connectivity index (χ2n) is 10.2. The Morgan fingerprint density at radius 1 is 1.11 bits per heavy atom. The number of anilines is 1. The number of hydrazine groups is 1. The number of benzene rings is 2. The molecule has 11 heteroatoms. The third-order valence-electron chi connectivity index (χ3n) is 7.36. The molecule has 38 heavy (non-hydrogen) atoms. The molecule has 1 amide bonds. The van der Waals surface area contributed by atoms with Gasteiger partial charge < -0.3 is 20.0 Å². The lowest BCUT2D eigenvalue weighted by Crippen LogP contribution is -2.44. The molecular formula is C27H30Cl2FN3O5. The van der Waals surface area contributed by atoms with Crippen LogP contribution in [0.4, 0.5) is 10.1 Å². The van der Waals surface area contributed by atoms with E-state index in [1.807, 2.05) is 12.1 Å². The molecule has 2 saturated heterocycles. The van der Waals surface area contributed by atoms with Crippen molar-refractivity contribution in [1.82, 2.24) is 9.91 Å². The molecule has 2 aromatic rings. The smallest absolute Gasteiger partial charge is 0.329 e. The van der Waals surface area contributed by atoms with Crippen LogP contribution in [0, 0.1) is 11.7 Å². The zero-order valence-electron chi connectivity index (χ0n) is 21.0. The van der Waals surface area contributed by atoms with Crippen LogP contribution in [-0.2, 0) is 9.53 Å². The summed E-state index contributed by atoms with van der Waals surface area (Å²) in [7, 11) is 0. The third-order valence-corrected chi connectivity index (χ3v) is 7.79. The summed E-state index contributed by atoms with van der Waals surface area (Å²) in [5.41, 5.74) is 4.82. The van der Waals surface area contributed by atoms with Gasteiger partial charge in [-0.05, 0) is 74.3 Å². The van der Waals surface area contributed by atoms with Gasteiger partial charge in [0.25, 0.3) is 5.91 Å². The fourth-order valence-electron chi connectivity index (χ4n) is 5.09. The fourth-order valence-corrected chi connectivity index (χ4v) is 5.62. The van der Waals surface area contributed by atoms with E-state index in [2.05, 4.69) is 10.4 Å². The number of carboxylic acid groups (broad SMARTS) is 1. The molecule has 2 aromatic carbocycles. The number of carboxylic acids is 1. The number of carbonyl (C=O) groups is 2. The van der Waals surface area contributed by atoms with Crippen LogP contribution in [0.1, 0.15) is 54.4 Å². The molecule has 0 aromatic heterocycles.